The van der Waals surface area contributed by atoms with Gasteiger partial charge in [-0.3, -0.25) is 10.1 Å². The lowest BCUT2D eigenvalue weighted by atomic mass is 10.1. The third-order valence-electron chi connectivity index (χ3n) is 2.38. The average molecular weight is 236 g/mol. The Morgan fingerprint density at radius 3 is 2.88 bits per heavy atom. The third-order valence-corrected chi connectivity index (χ3v) is 2.38. The molecular weight excluding hydrogens is 220 g/mol. The Labute approximate surface area is 99.9 Å². The second kappa shape index (κ2) is 6.00. The number of anilines is 1. The van der Waals surface area contributed by atoms with Gasteiger partial charge in [0.25, 0.3) is 5.69 Å². The molecule has 0 radical (unpaired) electrons. The fraction of sp³-hybridized carbons (Fsp3) is 0.333. The van der Waals surface area contributed by atoms with Gasteiger partial charge in [-0.25, -0.2) is 0 Å². The first-order valence-electron chi connectivity index (χ1n) is 5.31. The number of benzene rings is 1. The zero-order chi connectivity index (χ0) is 12.8. The summed E-state index contributed by atoms with van der Waals surface area (Å²) in [5, 5.41) is 22.9. The minimum atomic E-state index is -0.440. The van der Waals surface area contributed by atoms with Crippen molar-refractivity contribution in [2.75, 3.05) is 11.9 Å². The van der Waals surface area contributed by atoms with Crippen LogP contribution in [-0.4, -0.2) is 22.7 Å². The molecule has 0 fully saturated rings. The van der Waals surface area contributed by atoms with Crippen LogP contribution < -0.4 is 5.32 Å². The van der Waals surface area contributed by atoms with Gasteiger partial charge in [-0.15, -0.1) is 6.58 Å². The molecular formula is C12H16N2O3. The molecule has 0 aliphatic rings. The number of hydrogen-bond acceptors (Lipinski definition) is 4. The highest BCUT2D eigenvalue weighted by Gasteiger charge is 2.16. The van der Waals surface area contributed by atoms with Crippen molar-refractivity contribution >= 4 is 11.4 Å². The van der Waals surface area contributed by atoms with E-state index in [1.807, 2.05) is 6.92 Å². The number of hydrogen-bond donors (Lipinski definition) is 2. The Bertz CT molecular complexity index is 418. The maximum absolute atomic E-state index is 10.8. The standard InChI is InChI=1S/C12H16N2O3/c1-3-4-10(8-15)13-11-7-9(2)5-6-12(11)14(16)17/h3,5-7,10,13,15H,1,4,8H2,2H3. The predicted molar refractivity (Wildman–Crippen MR) is 67.1 cm³/mol. The monoisotopic (exact) mass is 236 g/mol. The summed E-state index contributed by atoms with van der Waals surface area (Å²) < 4.78 is 0. The zero-order valence-corrected chi connectivity index (χ0v) is 9.72. The van der Waals surface area contributed by atoms with E-state index in [1.165, 1.54) is 6.07 Å². The van der Waals surface area contributed by atoms with Crippen molar-refractivity contribution in [3.8, 4) is 0 Å². The molecule has 0 amide bonds. The van der Waals surface area contributed by atoms with Crippen molar-refractivity contribution in [1.29, 1.82) is 0 Å². The normalized spacial score (nSPS) is 11.9. The molecule has 0 aliphatic heterocycles. The Morgan fingerprint density at radius 2 is 2.35 bits per heavy atom. The summed E-state index contributed by atoms with van der Waals surface area (Å²) >= 11 is 0. The number of aliphatic hydroxyl groups excluding tert-OH is 1. The topological polar surface area (TPSA) is 75.4 Å². The highest BCUT2D eigenvalue weighted by molar-refractivity contribution is 5.63. The number of nitro groups is 1. The summed E-state index contributed by atoms with van der Waals surface area (Å²) in [4.78, 5) is 10.4. The lowest BCUT2D eigenvalue weighted by Crippen LogP contribution is -2.23. The molecule has 92 valence electrons. The van der Waals surface area contributed by atoms with Gasteiger partial charge >= 0.3 is 0 Å². The Kier molecular flexibility index (Phi) is 4.66. The molecule has 0 spiro atoms. The number of nitrogens with one attached hydrogen (secondary N) is 1. The molecule has 5 heteroatoms. The molecule has 0 bridgehead atoms. The Balaban J connectivity index is 2.98. The highest BCUT2D eigenvalue weighted by atomic mass is 16.6. The first kappa shape index (κ1) is 13.2. The van der Waals surface area contributed by atoms with E-state index in [1.54, 1.807) is 18.2 Å². The summed E-state index contributed by atoms with van der Waals surface area (Å²) in [6.45, 7) is 5.34. The van der Waals surface area contributed by atoms with Crippen molar-refractivity contribution in [2.45, 2.75) is 19.4 Å². The van der Waals surface area contributed by atoms with E-state index in [4.69, 9.17) is 5.11 Å². The largest absolute Gasteiger partial charge is 0.394 e. The van der Waals surface area contributed by atoms with Crippen LogP contribution in [0.2, 0.25) is 0 Å². The minimum absolute atomic E-state index is 0.0121. The number of rotatable bonds is 6. The van der Waals surface area contributed by atoms with Crippen LogP contribution in [0.25, 0.3) is 0 Å². The first-order chi connectivity index (χ1) is 8.08. The van der Waals surface area contributed by atoms with Gasteiger partial charge in [0.05, 0.1) is 17.6 Å². The maximum atomic E-state index is 10.8. The summed E-state index contributed by atoms with van der Waals surface area (Å²) in [5.41, 5.74) is 1.36. The van der Waals surface area contributed by atoms with Gasteiger partial charge in [-0.1, -0.05) is 12.1 Å². The lowest BCUT2D eigenvalue weighted by Gasteiger charge is -2.16. The van der Waals surface area contributed by atoms with Gasteiger partial charge in [0, 0.05) is 6.07 Å². The van der Waals surface area contributed by atoms with E-state index in [2.05, 4.69) is 11.9 Å². The minimum Gasteiger partial charge on any atom is -0.394 e. The van der Waals surface area contributed by atoms with Gasteiger partial charge in [0.2, 0.25) is 0 Å². The molecule has 5 nitrogen and oxygen atoms in total. The molecule has 1 aromatic rings. The van der Waals surface area contributed by atoms with E-state index < -0.39 is 4.92 Å². The summed E-state index contributed by atoms with van der Waals surface area (Å²) in [6.07, 6.45) is 2.21. The van der Waals surface area contributed by atoms with Crippen LogP contribution in [0.1, 0.15) is 12.0 Å². The summed E-state index contributed by atoms with van der Waals surface area (Å²) in [6, 6.07) is 4.59. The molecule has 0 saturated heterocycles. The molecule has 0 aromatic heterocycles. The van der Waals surface area contributed by atoms with E-state index in [0.29, 0.717) is 12.1 Å². The van der Waals surface area contributed by atoms with Crippen LogP contribution in [0.3, 0.4) is 0 Å². The number of nitrogens with zero attached hydrogens (tertiary/aromatic N) is 1. The SMILES string of the molecule is C=CCC(CO)Nc1cc(C)ccc1[N+](=O)[O-]. The average Bonchev–Trinajstić information content (AvgIpc) is 2.28. The highest BCUT2D eigenvalue weighted by Crippen LogP contribution is 2.26. The molecule has 1 atom stereocenters. The molecule has 2 N–H and O–H groups in total. The van der Waals surface area contributed by atoms with Gasteiger partial charge in [-0.05, 0) is 25.0 Å². The van der Waals surface area contributed by atoms with Gasteiger partial charge in [0.15, 0.2) is 0 Å². The molecule has 1 unspecified atom stereocenters. The maximum Gasteiger partial charge on any atom is 0.292 e. The van der Waals surface area contributed by atoms with Crippen LogP contribution in [-0.2, 0) is 0 Å². The third kappa shape index (κ3) is 3.57. The van der Waals surface area contributed by atoms with Gasteiger partial charge < -0.3 is 10.4 Å². The second-order valence-corrected chi connectivity index (χ2v) is 3.83. The van der Waals surface area contributed by atoms with E-state index in [9.17, 15) is 10.1 Å². The molecule has 0 saturated carbocycles. The molecule has 0 heterocycles. The fourth-order valence-electron chi connectivity index (χ4n) is 1.52. The van der Waals surface area contributed by atoms with Crippen molar-refractivity contribution < 1.29 is 10.0 Å². The lowest BCUT2D eigenvalue weighted by molar-refractivity contribution is -0.384. The van der Waals surface area contributed by atoms with E-state index >= 15 is 0 Å². The number of aliphatic hydroxyl groups is 1. The molecule has 1 aromatic carbocycles. The smallest absolute Gasteiger partial charge is 0.292 e. The van der Waals surface area contributed by atoms with Crippen LogP contribution >= 0.6 is 0 Å². The van der Waals surface area contributed by atoms with Gasteiger partial charge in [0.1, 0.15) is 5.69 Å². The summed E-state index contributed by atoms with van der Waals surface area (Å²) in [7, 11) is 0. The van der Waals surface area contributed by atoms with Crippen molar-refractivity contribution in [3.63, 3.8) is 0 Å². The predicted octanol–water partition coefficient (Wildman–Crippen LogP) is 2.25. The Hall–Kier alpha value is -1.88. The van der Waals surface area contributed by atoms with Crippen LogP contribution in [0.15, 0.2) is 30.9 Å². The first-order valence-corrected chi connectivity index (χ1v) is 5.31. The second-order valence-electron chi connectivity index (χ2n) is 3.83. The van der Waals surface area contributed by atoms with Crippen molar-refractivity contribution in [2.24, 2.45) is 0 Å². The fourth-order valence-corrected chi connectivity index (χ4v) is 1.52. The number of nitro benzene ring substituents is 1. The van der Waals surface area contributed by atoms with E-state index in [-0.39, 0.29) is 18.3 Å². The van der Waals surface area contributed by atoms with Crippen LogP contribution in [0, 0.1) is 17.0 Å². The number of aryl methyl sites for hydroxylation is 1. The van der Waals surface area contributed by atoms with Crippen LogP contribution in [0.4, 0.5) is 11.4 Å². The molecule has 17 heavy (non-hydrogen) atoms. The van der Waals surface area contributed by atoms with E-state index in [0.717, 1.165) is 5.56 Å². The molecule has 0 aliphatic carbocycles. The molecule has 1 rings (SSSR count). The van der Waals surface area contributed by atoms with Crippen molar-refractivity contribution in [1.82, 2.24) is 0 Å². The Morgan fingerprint density at radius 1 is 1.65 bits per heavy atom. The quantitative estimate of drug-likeness (QED) is 0.451. The van der Waals surface area contributed by atoms with Crippen molar-refractivity contribution in [3.05, 3.63) is 46.5 Å². The summed E-state index contributed by atoms with van der Waals surface area (Å²) in [5.74, 6) is 0. The van der Waals surface area contributed by atoms with Crippen LogP contribution in [0.5, 0.6) is 0 Å². The zero-order valence-electron chi connectivity index (χ0n) is 9.72. The van der Waals surface area contributed by atoms with Gasteiger partial charge in [-0.2, -0.15) is 0 Å².